The standard InChI is InChI=1S/C12H16BrNO2/c1-6-7(2)12(16-4)11(13)8(3)10(6)9(15)5-14/h5,14H2,1-4H3. The Balaban J connectivity index is 3.60. The number of nitrogens with two attached hydrogens (primary N) is 1. The molecule has 16 heavy (non-hydrogen) atoms. The lowest BCUT2D eigenvalue weighted by atomic mass is 9.94. The predicted octanol–water partition coefficient (Wildman–Crippen LogP) is 2.52. The molecule has 0 atom stereocenters. The number of carbonyl (C=O) groups excluding carboxylic acids is 1. The van der Waals surface area contributed by atoms with E-state index in [1.165, 1.54) is 0 Å². The highest BCUT2D eigenvalue weighted by molar-refractivity contribution is 9.10. The van der Waals surface area contributed by atoms with Gasteiger partial charge < -0.3 is 10.5 Å². The van der Waals surface area contributed by atoms with Crippen LogP contribution < -0.4 is 10.5 Å². The van der Waals surface area contributed by atoms with Crippen molar-refractivity contribution in [1.82, 2.24) is 0 Å². The summed E-state index contributed by atoms with van der Waals surface area (Å²) in [6, 6.07) is 0. The van der Waals surface area contributed by atoms with Gasteiger partial charge in [0.15, 0.2) is 5.78 Å². The second-order valence-electron chi connectivity index (χ2n) is 3.72. The lowest BCUT2D eigenvalue weighted by molar-refractivity contribution is 0.1000. The number of carbonyl (C=O) groups is 1. The molecule has 0 saturated carbocycles. The fraction of sp³-hybridized carbons (Fsp3) is 0.417. The molecule has 0 bridgehead atoms. The first kappa shape index (κ1) is 13.2. The van der Waals surface area contributed by atoms with Crippen LogP contribution >= 0.6 is 15.9 Å². The van der Waals surface area contributed by atoms with Gasteiger partial charge in [0.2, 0.25) is 0 Å². The smallest absolute Gasteiger partial charge is 0.176 e. The van der Waals surface area contributed by atoms with E-state index in [1.807, 2.05) is 20.8 Å². The summed E-state index contributed by atoms with van der Waals surface area (Å²) in [6.45, 7) is 5.77. The Hall–Kier alpha value is -0.870. The molecule has 1 aromatic carbocycles. The molecular weight excluding hydrogens is 270 g/mol. The Bertz CT molecular complexity index is 412. The lowest BCUT2D eigenvalue weighted by Gasteiger charge is -2.17. The van der Waals surface area contributed by atoms with Crippen LogP contribution in [-0.2, 0) is 0 Å². The molecule has 0 saturated heterocycles. The molecule has 0 heterocycles. The summed E-state index contributed by atoms with van der Waals surface area (Å²) in [7, 11) is 1.62. The van der Waals surface area contributed by atoms with Gasteiger partial charge >= 0.3 is 0 Å². The molecule has 1 aromatic rings. The van der Waals surface area contributed by atoms with Gasteiger partial charge in [-0.25, -0.2) is 0 Å². The average Bonchev–Trinajstić information content (AvgIpc) is 2.27. The SMILES string of the molecule is COc1c(C)c(C)c(C(=O)CN)c(C)c1Br. The topological polar surface area (TPSA) is 52.3 Å². The van der Waals surface area contributed by atoms with Gasteiger partial charge in [0.1, 0.15) is 5.75 Å². The van der Waals surface area contributed by atoms with Crippen molar-refractivity contribution in [2.24, 2.45) is 5.73 Å². The minimum absolute atomic E-state index is 0.0277. The molecule has 0 unspecified atom stereocenters. The van der Waals surface area contributed by atoms with Crippen molar-refractivity contribution in [3.05, 3.63) is 26.7 Å². The van der Waals surface area contributed by atoms with Crippen molar-refractivity contribution < 1.29 is 9.53 Å². The van der Waals surface area contributed by atoms with Crippen molar-refractivity contribution in [3.63, 3.8) is 0 Å². The van der Waals surface area contributed by atoms with Crippen LogP contribution in [0.2, 0.25) is 0 Å². The van der Waals surface area contributed by atoms with E-state index >= 15 is 0 Å². The molecule has 88 valence electrons. The number of rotatable bonds is 3. The number of hydrogen-bond acceptors (Lipinski definition) is 3. The van der Waals surface area contributed by atoms with E-state index in [-0.39, 0.29) is 12.3 Å². The second-order valence-corrected chi connectivity index (χ2v) is 4.52. The number of methoxy groups -OCH3 is 1. The van der Waals surface area contributed by atoms with E-state index < -0.39 is 0 Å². The van der Waals surface area contributed by atoms with Gasteiger partial charge in [-0.1, -0.05) is 0 Å². The van der Waals surface area contributed by atoms with Crippen LogP contribution in [0.4, 0.5) is 0 Å². The highest BCUT2D eigenvalue weighted by Gasteiger charge is 2.19. The fourth-order valence-electron chi connectivity index (χ4n) is 1.85. The summed E-state index contributed by atoms with van der Waals surface area (Å²) >= 11 is 3.46. The second kappa shape index (κ2) is 4.97. The normalized spacial score (nSPS) is 10.4. The molecule has 0 aliphatic rings. The van der Waals surface area contributed by atoms with E-state index in [2.05, 4.69) is 15.9 Å². The van der Waals surface area contributed by atoms with Crippen LogP contribution in [-0.4, -0.2) is 19.4 Å². The molecule has 1 rings (SSSR count). The minimum Gasteiger partial charge on any atom is -0.495 e. The van der Waals surface area contributed by atoms with Crippen LogP contribution in [0.3, 0.4) is 0 Å². The number of halogens is 1. The van der Waals surface area contributed by atoms with E-state index in [0.717, 1.165) is 26.9 Å². The van der Waals surface area contributed by atoms with Gasteiger partial charge in [-0.05, 0) is 53.4 Å². The summed E-state index contributed by atoms with van der Waals surface area (Å²) in [5, 5.41) is 0. The highest BCUT2D eigenvalue weighted by atomic mass is 79.9. The van der Waals surface area contributed by atoms with Crippen LogP contribution in [0.5, 0.6) is 5.75 Å². The minimum atomic E-state index is -0.0403. The largest absolute Gasteiger partial charge is 0.495 e. The number of Topliss-reactive ketones (excluding diaryl/α,β-unsaturated/α-hetero) is 1. The Morgan fingerprint density at radius 3 is 2.25 bits per heavy atom. The highest BCUT2D eigenvalue weighted by Crippen LogP contribution is 2.36. The molecule has 4 heteroatoms. The van der Waals surface area contributed by atoms with Crippen LogP contribution in [0.15, 0.2) is 4.47 Å². The molecule has 0 spiro atoms. The van der Waals surface area contributed by atoms with E-state index in [1.54, 1.807) is 7.11 Å². The van der Waals surface area contributed by atoms with Crippen molar-refractivity contribution in [1.29, 1.82) is 0 Å². The Kier molecular flexibility index (Phi) is 4.10. The molecule has 0 radical (unpaired) electrons. The summed E-state index contributed by atoms with van der Waals surface area (Å²) < 4.78 is 6.14. The summed E-state index contributed by atoms with van der Waals surface area (Å²) in [6.07, 6.45) is 0. The molecular formula is C12H16BrNO2. The molecule has 0 fully saturated rings. The third-order valence-corrected chi connectivity index (χ3v) is 3.80. The van der Waals surface area contributed by atoms with Crippen molar-refractivity contribution in [3.8, 4) is 5.75 Å². The van der Waals surface area contributed by atoms with Crippen molar-refractivity contribution in [2.45, 2.75) is 20.8 Å². The predicted molar refractivity (Wildman–Crippen MR) is 68.3 cm³/mol. The zero-order valence-electron chi connectivity index (χ0n) is 9.98. The third kappa shape index (κ3) is 1.99. The van der Waals surface area contributed by atoms with Gasteiger partial charge in [0, 0.05) is 5.56 Å². The molecule has 0 aliphatic heterocycles. The maximum Gasteiger partial charge on any atom is 0.176 e. The Morgan fingerprint density at radius 1 is 1.25 bits per heavy atom. The number of hydrogen-bond donors (Lipinski definition) is 1. The van der Waals surface area contributed by atoms with E-state index in [4.69, 9.17) is 10.5 Å². The van der Waals surface area contributed by atoms with Crippen molar-refractivity contribution >= 4 is 21.7 Å². The van der Waals surface area contributed by atoms with Crippen molar-refractivity contribution in [2.75, 3.05) is 13.7 Å². The molecule has 3 nitrogen and oxygen atoms in total. The van der Waals surface area contributed by atoms with Gasteiger partial charge in [-0.15, -0.1) is 0 Å². The van der Waals surface area contributed by atoms with E-state index in [9.17, 15) is 4.79 Å². The lowest BCUT2D eigenvalue weighted by Crippen LogP contribution is -2.17. The quantitative estimate of drug-likeness (QED) is 0.869. The number of ether oxygens (including phenoxy) is 1. The maximum absolute atomic E-state index is 11.8. The van der Waals surface area contributed by atoms with Gasteiger partial charge in [-0.2, -0.15) is 0 Å². The first-order chi connectivity index (χ1) is 7.45. The van der Waals surface area contributed by atoms with E-state index in [0.29, 0.717) is 5.56 Å². The molecule has 0 aliphatic carbocycles. The first-order valence-electron chi connectivity index (χ1n) is 5.02. The van der Waals surface area contributed by atoms with Crippen LogP contribution in [0.25, 0.3) is 0 Å². The summed E-state index contributed by atoms with van der Waals surface area (Å²) in [5.41, 5.74) is 8.91. The number of benzene rings is 1. The van der Waals surface area contributed by atoms with Crippen LogP contribution in [0, 0.1) is 20.8 Å². The van der Waals surface area contributed by atoms with Gasteiger partial charge in [0.05, 0.1) is 18.1 Å². The molecule has 2 N–H and O–H groups in total. The average molecular weight is 286 g/mol. The Labute approximate surface area is 104 Å². The fourth-order valence-corrected chi connectivity index (χ4v) is 2.50. The summed E-state index contributed by atoms with van der Waals surface area (Å²) in [4.78, 5) is 11.8. The third-order valence-electron chi connectivity index (χ3n) is 2.85. The maximum atomic E-state index is 11.8. The molecule has 0 aromatic heterocycles. The van der Waals surface area contributed by atoms with Gasteiger partial charge in [-0.3, -0.25) is 4.79 Å². The van der Waals surface area contributed by atoms with Crippen LogP contribution in [0.1, 0.15) is 27.0 Å². The molecule has 0 amide bonds. The Morgan fingerprint density at radius 2 is 1.81 bits per heavy atom. The summed E-state index contributed by atoms with van der Waals surface area (Å²) in [5.74, 6) is 0.741. The monoisotopic (exact) mass is 285 g/mol. The zero-order chi connectivity index (χ0) is 12.5. The van der Waals surface area contributed by atoms with Gasteiger partial charge in [0.25, 0.3) is 0 Å². The zero-order valence-corrected chi connectivity index (χ0v) is 11.6. The number of ketones is 1. The first-order valence-corrected chi connectivity index (χ1v) is 5.81.